The number of esters is 1. The minimum absolute atomic E-state index is 0.00271. The Balaban J connectivity index is 1.76. The number of nitriles is 1. The van der Waals surface area contributed by atoms with Crippen LogP contribution in [0.5, 0.6) is 0 Å². The van der Waals surface area contributed by atoms with Crippen LogP contribution in [0.2, 0.25) is 0 Å². The fourth-order valence-electron chi connectivity index (χ4n) is 3.34. The van der Waals surface area contributed by atoms with E-state index >= 15 is 0 Å². The maximum absolute atomic E-state index is 13.9. The molecule has 2 heterocycles. The summed E-state index contributed by atoms with van der Waals surface area (Å²) in [6, 6.07) is 4.46. The second kappa shape index (κ2) is 8.67. The monoisotopic (exact) mass is 421 g/mol. The van der Waals surface area contributed by atoms with E-state index in [1.807, 2.05) is 11.0 Å². The molecule has 1 N–H and O–H groups in total. The molecule has 1 unspecified atom stereocenters. The average Bonchev–Trinajstić information content (AvgIpc) is 2.71. The van der Waals surface area contributed by atoms with Crippen LogP contribution in [-0.2, 0) is 19.6 Å². The molecule has 9 nitrogen and oxygen atoms in total. The third-order valence-corrected chi connectivity index (χ3v) is 5.99. The van der Waals surface area contributed by atoms with E-state index in [-0.39, 0.29) is 18.0 Å². The van der Waals surface area contributed by atoms with Gasteiger partial charge in [-0.25, -0.2) is 27.5 Å². The minimum Gasteiger partial charge on any atom is -0.468 e. The molecule has 1 atom stereocenters. The smallest absolute Gasteiger partial charge is 0.322 e. The number of anilines is 1. The Hall–Kier alpha value is -2.84. The lowest BCUT2D eigenvalue weighted by Crippen LogP contribution is -2.42. The van der Waals surface area contributed by atoms with Crippen molar-refractivity contribution in [2.45, 2.75) is 12.8 Å². The van der Waals surface area contributed by atoms with Gasteiger partial charge < -0.3 is 9.64 Å². The van der Waals surface area contributed by atoms with E-state index in [2.05, 4.69) is 19.4 Å². The van der Waals surface area contributed by atoms with E-state index in [1.165, 1.54) is 18.5 Å². The number of hydrogen-bond donors (Lipinski definition) is 1. The highest BCUT2D eigenvalue weighted by molar-refractivity contribution is 7.90. The summed E-state index contributed by atoms with van der Waals surface area (Å²) in [6.45, 7) is 1.39. The van der Waals surface area contributed by atoms with E-state index in [4.69, 9.17) is 5.26 Å². The van der Waals surface area contributed by atoms with Crippen molar-refractivity contribution in [3.8, 4) is 6.07 Å². The molecule has 0 aliphatic carbocycles. The Kier molecular flexibility index (Phi) is 6.24. The van der Waals surface area contributed by atoms with Crippen LogP contribution >= 0.6 is 0 Å². The zero-order chi connectivity index (χ0) is 21.0. The van der Waals surface area contributed by atoms with Crippen molar-refractivity contribution >= 4 is 32.7 Å². The molecule has 1 aliphatic rings. The average molecular weight is 421 g/mol. The van der Waals surface area contributed by atoms with Gasteiger partial charge in [-0.05, 0) is 24.8 Å². The second-order valence-electron chi connectivity index (χ2n) is 6.80. The lowest BCUT2D eigenvalue weighted by molar-refractivity contribution is -0.137. The molecule has 0 amide bonds. The van der Waals surface area contributed by atoms with Crippen LogP contribution in [0, 0.1) is 23.1 Å². The molecular formula is C18H20FN5O4S. The number of carbonyl (C=O) groups is 1. The fourth-order valence-corrected chi connectivity index (χ4v) is 4.36. The van der Waals surface area contributed by atoms with Gasteiger partial charge in [0.05, 0.1) is 18.2 Å². The van der Waals surface area contributed by atoms with Crippen molar-refractivity contribution in [2.75, 3.05) is 37.4 Å². The molecule has 3 rings (SSSR count). The standard InChI is InChI=1S/C18H20FN5O4S/c1-28-17(25)10-29(26,27)23-8-12-3-2-4-24(9-12)18-14-5-13(7-20)15(19)6-16(14)21-11-22-18/h5-6,11-12,23H,2-4,8-10H2,1H3. The summed E-state index contributed by atoms with van der Waals surface area (Å²) in [4.78, 5) is 21.6. The van der Waals surface area contributed by atoms with Crippen molar-refractivity contribution < 1.29 is 22.3 Å². The molecule has 1 aliphatic heterocycles. The Bertz CT molecular complexity index is 1070. The lowest BCUT2D eigenvalue weighted by Gasteiger charge is -2.34. The molecule has 0 radical (unpaired) electrons. The number of piperidine rings is 1. The van der Waals surface area contributed by atoms with Gasteiger partial charge in [-0.2, -0.15) is 5.26 Å². The molecule has 1 aromatic carbocycles. The van der Waals surface area contributed by atoms with Crippen LogP contribution in [0.25, 0.3) is 10.9 Å². The summed E-state index contributed by atoms with van der Waals surface area (Å²) in [5.74, 6) is -1.61. The normalized spacial score (nSPS) is 17.1. The van der Waals surface area contributed by atoms with Crippen molar-refractivity contribution in [1.29, 1.82) is 5.26 Å². The van der Waals surface area contributed by atoms with Gasteiger partial charge in [0.25, 0.3) is 0 Å². The first-order valence-electron chi connectivity index (χ1n) is 8.96. The summed E-state index contributed by atoms with van der Waals surface area (Å²) in [5.41, 5.74) is 0.310. The number of sulfonamides is 1. The van der Waals surface area contributed by atoms with Gasteiger partial charge in [-0.15, -0.1) is 0 Å². The number of carbonyl (C=O) groups excluding carboxylic acids is 1. The summed E-state index contributed by atoms with van der Waals surface area (Å²) in [5, 5.41) is 9.67. The number of ether oxygens (including phenoxy) is 1. The van der Waals surface area contributed by atoms with Gasteiger partial charge in [0.2, 0.25) is 10.0 Å². The van der Waals surface area contributed by atoms with Gasteiger partial charge in [-0.1, -0.05) is 0 Å². The highest BCUT2D eigenvalue weighted by Gasteiger charge is 2.25. The molecule has 29 heavy (non-hydrogen) atoms. The van der Waals surface area contributed by atoms with E-state index in [1.54, 1.807) is 0 Å². The number of aromatic nitrogens is 2. The van der Waals surface area contributed by atoms with Gasteiger partial charge in [0.1, 0.15) is 24.0 Å². The maximum atomic E-state index is 13.9. The minimum atomic E-state index is -3.77. The number of methoxy groups -OCH3 is 1. The first kappa shape index (κ1) is 20.9. The van der Waals surface area contributed by atoms with Crippen LogP contribution in [0.15, 0.2) is 18.5 Å². The van der Waals surface area contributed by atoms with Gasteiger partial charge in [-0.3, -0.25) is 4.79 Å². The number of hydrogen-bond acceptors (Lipinski definition) is 8. The van der Waals surface area contributed by atoms with E-state index in [0.717, 1.165) is 20.0 Å². The number of benzene rings is 1. The van der Waals surface area contributed by atoms with Crippen LogP contribution in [0.3, 0.4) is 0 Å². The molecule has 1 saturated heterocycles. The Morgan fingerprint density at radius 2 is 2.24 bits per heavy atom. The first-order chi connectivity index (χ1) is 13.8. The van der Waals surface area contributed by atoms with Crippen LogP contribution in [0.4, 0.5) is 10.2 Å². The third-order valence-electron chi connectivity index (χ3n) is 4.77. The van der Waals surface area contributed by atoms with Crippen molar-refractivity contribution in [1.82, 2.24) is 14.7 Å². The number of nitrogens with one attached hydrogen (secondary N) is 1. The molecule has 1 fully saturated rings. The van der Waals surface area contributed by atoms with Gasteiger partial charge >= 0.3 is 5.97 Å². The Morgan fingerprint density at radius 1 is 1.45 bits per heavy atom. The summed E-state index contributed by atoms with van der Waals surface area (Å²) < 4.78 is 44.6. The summed E-state index contributed by atoms with van der Waals surface area (Å²) in [7, 11) is -2.64. The molecule has 11 heteroatoms. The Morgan fingerprint density at radius 3 is 2.97 bits per heavy atom. The van der Waals surface area contributed by atoms with Gasteiger partial charge in [0, 0.05) is 31.1 Å². The fraction of sp³-hybridized carbons (Fsp3) is 0.444. The molecule has 154 valence electrons. The van der Waals surface area contributed by atoms with Crippen LogP contribution < -0.4 is 9.62 Å². The number of fused-ring (bicyclic) bond motifs is 1. The topological polar surface area (TPSA) is 125 Å². The highest BCUT2D eigenvalue weighted by atomic mass is 32.2. The Labute approximate surface area is 167 Å². The van der Waals surface area contributed by atoms with E-state index < -0.39 is 27.6 Å². The number of halogens is 1. The predicted octanol–water partition coefficient (Wildman–Crippen LogP) is 0.949. The first-order valence-corrected chi connectivity index (χ1v) is 10.6. The highest BCUT2D eigenvalue weighted by Crippen LogP contribution is 2.29. The lowest BCUT2D eigenvalue weighted by atomic mass is 9.98. The molecule has 2 aromatic rings. The SMILES string of the molecule is COC(=O)CS(=O)(=O)NCC1CCCN(c2ncnc3cc(F)c(C#N)cc23)C1. The van der Waals surface area contributed by atoms with Crippen LogP contribution in [0.1, 0.15) is 18.4 Å². The van der Waals surface area contributed by atoms with E-state index in [0.29, 0.717) is 29.8 Å². The summed E-state index contributed by atoms with van der Waals surface area (Å²) in [6.07, 6.45) is 2.95. The number of rotatable bonds is 6. The van der Waals surface area contributed by atoms with Gasteiger partial charge in [0.15, 0.2) is 5.75 Å². The molecule has 0 saturated carbocycles. The molecule has 0 bridgehead atoms. The molecular weight excluding hydrogens is 401 g/mol. The molecule has 1 aromatic heterocycles. The molecule has 0 spiro atoms. The van der Waals surface area contributed by atoms with E-state index in [9.17, 15) is 17.6 Å². The predicted molar refractivity (Wildman–Crippen MR) is 103 cm³/mol. The zero-order valence-electron chi connectivity index (χ0n) is 15.8. The third kappa shape index (κ3) is 4.96. The zero-order valence-corrected chi connectivity index (χ0v) is 16.6. The summed E-state index contributed by atoms with van der Waals surface area (Å²) >= 11 is 0. The van der Waals surface area contributed by atoms with Crippen molar-refractivity contribution in [3.05, 3.63) is 29.8 Å². The maximum Gasteiger partial charge on any atom is 0.322 e. The largest absolute Gasteiger partial charge is 0.468 e. The van der Waals surface area contributed by atoms with Crippen molar-refractivity contribution in [3.63, 3.8) is 0 Å². The van der Waals surface area contributed by atoms with Crippen LogP contribution in [-0.4, -0.2) is 56.9 Å². The number of nitrogens with zero attached hydrogens (tertiary/aromatic N) is 4. The second-order valence-corrected chi connectivity index (χ2v) is 8.60. The quantitative estimate of drug-likeness (QED) is 0.684. The van der Waals surface area contributed by atoms with Crippen molar-refractivity contribution in [2.24, 2.45) is 5.92 Å².